The molecule has 2 aromatic rings. The van der Waals surface area contributed by atoms with Crippen LogP contribution in [0.3, 0.4) is 0 Å². The average Bonchev–Trinajstić information content (AvgIpc) is 2.69. The third-order valence-corrected chi connectivity index (χ3v) is 5.22. The van der Waals surface area contributed by atoms with Gasteiger partial charge in [-0.2, -0.15) is 0 Å². The van der Waals surface area contributed by atoms with Crippen LogP contribution in [0.2, 0.25) is 5.02 Å². The molecule has 1 unspecified atom stereocenters. The molecule has 1 fully saturated rings. The van der Waals surface area contributed by atoms with Crippen molar-refractivity contribution in [1.82, 2.24) is 9.80 Å². The van der Waals surface area contributed by atoms with Gasteiger partial charge in [0.15, 0.2) is 0 Å². The van der Waals surface area contributed by atoms with Gasteiger partial charge in [0.05, 0.1) is 7.11 Å². The van der Waals surface area contributed by atoms with Gasteiger partial charge in [-0.1, -0.05) is 41.9 Å². The summed E-state index contributed by atoms with van der Waals surface area (Å²) in [5.74, 6) is 0.957. The molecule has 1 atom stereocenters. The van der Waals surface area contributed by atoms with E-state index >= 15 is 0 Å². The van der Waals surface area contributed by atoms with Crippen LogP contribution in [0, 0.1) is 0 Å². The van der Waals surface area contributed by atoms with E-state index in [9.17, 15) is 4.79 Å². The first-order valence-electron chi connectivity index (χ1n) is 9.20. The van der Waals surface area contributed by atoms with Crippen LogP contribution in [0.5, 0.6) is 5.75 Å². The van der Waals surface area contributed by atoms with Crippen molar-refractivity contribution < 1.29 is 9.53 Å². The monoisotopic (exact) mass is 459 g/mol. The lowest BCUT2D eigenvalue weighted by Crippen LogP contribution is -2.48. The Morgan fingerprint density at radius 1 is 1.10 bits per heavy atom. The molecule has 1 aliphatic heterocycles. The highest BCUT2D eigenvalue weighted by Gasteiger charge is 2.23. The number of nitrogens with two attached hydrogens (primary N) is 1. The maximum Gasteiger partial charge on any atom is 0.224 e. The van der Waals surface area contributed by atoms with Gasteiger partial charge >= 0.3 is 0 Å². The molecule has 5 nitrogen and oxygen atoms in total. The Morgan fingerprint density at radius 2 is 1.76 bits per heavy atom. The van der Waals surface area contributed by atoms with E-state index in [1.165, 1.54) is 0 Å². The van der Waals surface area contributed by atoms with Gasteiger partial charge in [0, 0.05) is 55.8 Å². The third-order valence-electron chi connectivity index (χ3n) is 4.98. The van der Waals surface area contributed by atoms with E-state index in [1.807, 2.05) is 53.4 Å². The van der Waals surface area contributed by atoms with Gasteiger partial charge in [0.25, 0.3) is 0 Å². The fourth-order valence-electron chi connectivity index (χ4n) is 3.40. The minimum atomic E-state index is -0.257. The molecule has 2 aromatic carbocycles. The summed E-state index contributed by atoms with van der Waals surface area (Å²) in [5.41, 5.74) is 8.26. The first kappa shape index (κ1) is 25.5. The van der Waals surface area contributed by atoms with Crippen LogP contribution < -0.4 is 10.5 Å². The summed E-state index contributed by atoms with van der Waals surface area (Å²) in [6.07, 6.45) is 0.339. The highest BCUT2D eigenvalue weighted by atomic mass is 35.5. The number of piperazine rings is 1. The second-order valence-electron chi connectivity index (χ2n) is 6.83. The number of carbonyl (C=O) groups is 1. The minimum absolute atomic E-state index is 0. The highest BCUT2D eigenvalue weighted by Crippen LogP contribution is 2.24. The normalized spacial score (nSPS) is 15.1. The number of hydrogen-bond donors (Lipinski definition) is 1. The fourth-order valence-corrected chi connectivity index (χ4v) is 3.60. The Balaban J connectivity index is 0.00000210. The molecule has 0 aliphatic carbocycles. The topological polar surface area (TPSA) is 58.8 Å². The van der Waals surface area contributed by atoms with Gasteiger partial charge in [0.2, 0.25) is 5.91 Å². The number of ether oxygens (including phenoxy) is 1. The largest absolute Gasteiger partial charge is 0.496 e. The third kappa shape index (κ3) is 7.05. The van der Waals surface area contributed by atoms with Crippen molar-refractivity contribution in [2.75, 3.05) is 33.3 Å². The van der Waals surface area contributed by atoms with E-state index in [0.717, 1.165) is 36.5 Å². The standard InChI is InChI=1S/C21H26ClN3O2.2ClH/c1-27-20-8-7-18(22)13-17(20)15-24-9-11-25(12-10-24)21(26)14-19(23)16-5-3-2-4-6-16;;/h2-8,13,19H,9-12,14-15,23H2,1H3;2*1H. The van der Waals surface area contributed by atoms with Gasteiger partial charge in [-0.3, -0.25) is 9.69 Å². The Hall–Kier alpha value is -1.50. The first-order chi connectivity index (χ1) is 13.1. The van der Waals surface area contributed by atoms with Gasteiger partial charge in [-0.15, -0.1) is 24.8 Å². The maximum absolute atomic E-state index is 12.6. The number of benzene rings is 2. The van der Waals surface area contributed by atoms with E-state index in [0.29, 0.717) is 24.5 Å². The summed E-state index contributed by atoms with van der Waals surface area (Å²) < 4.78 is 5.42. The fraction of sp³-hybridized carbons (Fsp3) is 0.381. The first-order valence-corrected chi connectivity index (χ1v) is 9.57. The molecule has 8 heteroatoms. The minimum Gasteiger partial charge on any atom is -0.496 e. The van der Waals surface area contributed by atoms with Crippen LogP contribution in [0.1, 0.15) is 23.6 Å². The summed E-state index contributed by atoms with van der Waals surface area (Å²) in [6, 6.07) is 15.2. The van der Waals surface area contributed by atoms with Crippen LogP contribution in [0.4, 0.5) is 0 Å². The summed E-state index contributed by atoms with van der Waals surface area (Å²) in [5, 5.41) is 0.703. The molecule has 0 spiro atoms. The van der Waals surface area contributed by atoms with Crippen LogP contribution in [0.15, 0.2) is 48.5 Å². The second-order valence-corrected chi connectivity index (χ2v) is 7.27. The van der Waals surface area contributed by atoms with Crippen molar-refractivity contribution >= 4 is 42.3 Å². The van der Waals surface area contributed by atoms with Crippen molar-refractivity contribution in [3.63, 3.8) is 0 Å². The molecule has 1 amide bonds. The van der Waals surface area contributed by atoms with Crippen molar-refractivity contribution in [2.45, 2.75) is 19.0 Å². The second kappa shape index (κ2) is 12.3. The molecule has 0 aromatic heterocycles. The molecule has 1 saturated heterocycles. The van der Waals surface area contributed by atoms with Crippen LogP contribution in [-0.2, 0) is 11.3 Å². The van der Waals surface area contributed by atoms with Crippen molar-refractivity contribution in [2.24, 2.45) is 5.73 Å². The SMILES string of the molecule is COc1ccc(Cl)cc1CN1CCN(C(=O)CC(N)c2ccccc2)CC1.Cl.Cl. The zero-order chi connectivity index (χ0) is 19.2. The number of nitrogens with zero attached hydrogens (tertiary/aromatic N) is 2. The molecule has 2 N–H and O–H groups in total. The molecule has 3 rings (SSSR count). The smallest absolute Gasteiger partial charge is 0.224 e. The number of amides is 1. The summed E-state index contributed by atoms with van der Waals surface area (Å²) in [6.45, 7) is 3.83. The van der Waals surface area contributed by atoms with Gasteiger partial charge < -0.3 is 15.4 Å². The van der Waals surface area contributed by atoms with Gasteiger partial charge in [-0.05, 0) is 23.8 Å². The van der Waals surface area contributed by atoms with Gasteiger partial charge in [-0.25, -0.2) is 0 Å². The van der Waals surface area contributed by atoms with Crippen LogP contribution in [0.25, 0.3) is 0 Å². The van der Waals surface area contributed by atoms with Crippen LogP contribution in [-0.4, -0.2) is 49.0 Å². The number of halogens is 3. The molecule has 1 heterocycles. The number of carbonyl (C=O) groups excluding carboxylic acids is 1. The molecule has 1 aliphatic rings. The lowest BCUT2D eigenvalue weighted by atomic mass is 10.0. The predicted molar refractivity (Wildman–Crippen MR) is 122 cm³/mol. The summed E-state index contributed by atoms with van der Waals surface area (Å²) >= 11 is 6.12. The Morgan fingerprint density at radius 3 is 2.38 bits per heavy atom. The zero-order valence-corrected chi connectivity index (χ0v) is 18.8. The average molecular weight is 461 g/mol. The zero-order valence-electron chi connectivity index (χ0n) is 16.4. The summed E-state index contributed by atoms with van der Waals surface area (Å²) in [7, 11) is 1.67. The van der Waals surface area contributed by atoms with E-state index in [1.54, 1.807) is 7.11 Å². The van der Waals surface area contributed by atoms with Crippen molar-refractivity contribution in [3.8, 4) is 5.75 Å². The molecule has 0 bridgehead atoms. The maximum atomic E-state index is 12.6. The lowest BCUT2D eigenvalue weighted by Gasteiger charge is -2.35. The van der Waals surface area contributed by atoms with E-state index in [2.05, 4.69) is 4.90 Å². The lowest BCUT2D eigenvalue weighted by molar-refractivity contribution is -0.133. The molecule has 160 valence electrons. The van der Waals surface area contributed by atoms with Crippen LogP contribution >= 0.6 is 36.4 Å². The summed E-state index contributed by atoms with van der Waals surface area (Å²) in [4.78, 5) is 16.8. The molecule has 29 heavy (non-hydrogen) atoms. The van der Waals surface area contributed by atoms with E-state index in [4.69, 9.17) is 22.1 Å². The highest BCUT2D eigenvalue weighted by molar-refractivity contribution is 6.30. The number of methoxy groups -OCH3 is 1. The number of hydrogen-bond acceptors (Lipinski definition) is 4. The predicted octanol–water partition coefficient (Wildman–Crippen LogP) is 3.93. The molecule has 0 saturated carbocycles. The van der Waals surface area contributed by atoms with Crippen molar-refractivity contribution in [3.05, 3.63) is 64.7 Å². The quantitative estimate of drug-likeness (QED) is 0.710. The number of rotatable bonds is 6. The Bertz CT molecular complexity index is 769. The molecule has 0 radical (unpaired) electrons. The van der Waals surface area contributed by atoms with E-state index in [-0.39, 0.29) is 36.8 Å². The van der Waals surface area contributed by atoms with Gasteiger partial charge in [0.1, 0.15) is 5.75 Å². The molecular weight excluding hydrogens is 433 g/mol. The molecular formula is C21H28Cl3N3O2. The van der Waals surface area contributed by atoms with Crippen molar-refractivity contribution in [1.29, 1.82) is 0 Å². The van der Waals surface area contributed by atoms with E-state index < -0.39 is 0 Å². The Kier molecular flexibility index (Phi) is 10.8. The Labute approximate surface area is 190 Å².